The van der Waals surface area contributed by atoms with Gasteiger partial charge in [-0.05, 0) is 36.4 Å². The zero-order chi connectivity index (χ0) is 17.8. The highest BCUT2D eigenvalue weighted by Crippen LogP contribution is 2.24. The van der Waals surface area contributed by atoms with Gasteiger partial charge >= 0.3 is 0 Å². The van der Waals surface area contributed by atoms with Gasteiger partial charge in [0.2, 0.25) is 5.95 Å². The summed E-state index contributed by atoms with van der Waals surface area (Å²) in [6.07, 6.45) is 0. The molecule has 0 bridgehead atoms. The van der Waals surface area contributed by atoms with E-state index in [4.69, 9.17) is 9.94 Å². The minimum atomic E-state index is -0.589. The summed E-state index contributed by atoms with van der Waals surface area (Å²) in [4.78, 5) is 15.8. The molecule has 3 N–H and O–H groups in total. The van der Waals surface area contributed by atoms with E-state index in [1.54, 1.807) is 42.9 Å². The number of carbonyl (C=O) groups excluding carboxylic acids is 1. The van der Waals surface area contributed by atoms with E-state index in [9.17, 15) is 9.18 Å². The lowest BCUT2D eigenvalue weighted by atomic mass is 10.2. The average molecular weight is 344 g/mol. The van der Waals surface area contributed by atoms with Crippen LogP contribution >= 0.6 is 0 Å². The first-order valence-corrected chi connectivity index (χ1v) is 7.58. The van der Waals surface area contributed by atoms with Crippen molar-refractivity contribution in [2.75, 3.05) is 19.0 Å². The number of halogens is 1. The summed E-state index contributed by atoms with van der Waals surface area (Å²) in [5, 5.41) is 11.8. The van der Waals surface area contributed by atoms with Crippen molar-refractivity contribution >= 4 is 28.6 Å². The molecular formula is C17H17FN4O3. The highest BCUT2D eigenvalue weighted by Gasteiger charge is 2.12. The highest BCUT2D eigenvalue weighted by molar-refractivity contribution is 5.93. The Balaban J connectivity index is 1.92. The number of hydrogen-bond donors (Lipinski definition) is 3. The summed E-state index contributed by atoms with van der Waals surface area (Å²) in [5.74, 6) is -0.402. The lowest BCUT2D eigenvalue weighted by Crippen LogP contribution is -2.18. The van der Waals surface area contributed by atoms with Crippen molar-refractivity contribution in [1.82, 2.24) is 15.0 Å². The summed E-state index contributed by atoms with van der Waals surface area (Å²) >= 11 is 0. The highest BCUT2D eigenvalue weighted by atomic mass is 19.1. The third-order valence-electron chi connectivity index (χ3n) is 3.73. The van der Waals surface area contributed by atoms with E-state index in [0.717, 1.165) is 5.52 Å². The number of benzene rings is 2. The van der Waals surface area contributed by atoms with Crippen LogP contribution in [0.5, 0.6) is 0 Å². The maximum absolute atomic E-state index is 13.5. The van der Waals surface area contributed by atoms with E-state index >= 15 is 0 Å². The molecule has 0 saturated heterocycles. The number of fused-ring (bicyclic) bond motifs is 1. The zero-order valence-electron chi connectivity index (χ0n) is 13.5. The molecule has 1 heterocycles. The van der Waals surface area contributed by atoms with Crippen LogP contribution in [0.2, 0.25) is 0 Å². The molecule has 0 aliphatic heterocycles. The average Bonchev–Trinajstić information content (AvgIpc) is 2.95. The van der Waals surface area contributed by atoms with Crippen LogP contribution in [-0.2, 0) is 11.3 Å². The monoisotopic (exact) mass is 344 g/mol. The second kappa shape index (κ2) is 7.29. The van der Waals surface area contributed by atoms with E-state index < -0.39 is 5.91 Å². The van der Waals surface area contributed by atoms with Gasteiger partial charge in [0.25, 0.3) is 5.91 Å². The maximum Gasteiger partial charge on any atom is 0.274 e. The molecule has 3 rings (SSSR count). The molecule has 1 amide bonds. The van der Waals surface area contributed by atoms with Crippen molar-refractivity contribution in [3.63, 3.8) is 0 Å². The summed E-state index contributed by atoms with van der Waals surface area (Å²) in [7, 11) is 1.61. The molecule has 7 nitrogen and oxygen atoms in total. The first-order chi connectivity index (χ1) is 12.1. The van der Waals surface area contributed by atoms with E-state index in [1.165, 1.54) is 12.1 Å². The van der Waals surface area contributed by atoms with Crippen molar-refractivity contribution in [3.05, 3.63) is 53.8 Å². The van der Waals surface area contributed by atoms with Crippen LogP contribution in [-0.4, -0.2) is 34.4 Å². The van der Waals surface area contributed by atoms with Gasteiger partial charge in [0, 0.05) is 31.0 Å². The van der Waals surface area contributed by atoms with E-state index in [-0.39, 0.29) is 5.82 Å². The number of ether oxygens (including phenoxy) is 1. The van der Waals surface area contributed by atoms with Gasteiger partial charge in [-0.25, -0.2) is 14.9 Å². The molecule has 0 spiro atoms. The minimum absolute atomic E-state index is 0.322. The number of aromatic nitrogens is 2. The van der Waals surface area contributed by atoms with Crippen LogP contribution in [0.1, 0.15) is 10.4 Å². The van der Waals surface area contributed by atoms with E-state index in [1.807, 2.05) is 4.57 Å². The Morgan fingerprint density at radius 1 is 1.28 bits per heavy atom. The van der Waals surface area contributed by atoms with Gasteiger partial charge in [0.15, 0.2) is 0 Å². The quantitative estimate of drug-likeness (QED) is 0.473. The summed E-state index contributed by atoms with van der Waals surface area (Å²) in [6.45, 7) is 1.03. The number of imidazole rings is 1. The Kier molecular flexibility index (Phi) is 4.92. The number of anilines is 2. The van der Waals surface area contributed by atoms with E-state index in [2.05, 4.69) is 10.3 Å². The maximum atomic E-state index is 13.5. The predicted molar refractivity (Wildman–Crippen MR) is 90.5 cm³/mol. The fraction of sp³-hybridized carbons (Fsp3) is 0.176. The molecule has 0 saturated carbocycles. The fourth-order valence-corrected chi connectivity index (χ4v) is 2.51. The molecule has 1 aromatic heterocycles. The fourth-order valence-electron chi connectivity index (χ4n) is 2.51. The third kappa shape index (κ3) is 3.59. The van der Waals surface area contributed by atoms with E-state index in [0.29, 0.717) is 35.9 Å². The van der Waals surface area contributed by atoms with Crippen molar-refractivity contribution in [2.45, 2.75) is 6.54 Å². The van der Waals surface area contributed by atoms with Crippen molar-refractivity contribution < 1.29 is 19.1 Å². The second-order valence-electron chi connectivity index (χ2n) is 5.36. The molecule has 25 heavy (non-hydrogen) atoms. The van der Waals surface area contributed by atoms with Gasteiger partial charge in [-0.15, -0.1) is 0 Å². The largest absolute Gasteiger partial charge is 0.383 e. The van der Waals surface area contributed by atoms with Crippen LogP contribution in [0.15, 0.2) is 42.5 Å². The number of rotatable bonds is 6. The number of hydroxylamine groups is 1. The van der Waals surface area contributed by atoms with Crippen LogP contribution in [0, 0.1) is 5.82 Å². The van der Waals surface area contributed by atoms with Gasteiger partial charge in [-0.3, -0.25) is 10.0 Å². The summed E-state index contributed by atoms with van der Waals surface area (Å²) in [6, 6.07) is 10.9. The van der Waals surface area contributed by atoms with Crippen molar-refractivity contribution in [3.8, 4) is 0 Å². The van der Waals surface area contributed by atoms with Crippen LogP contribution in [0.25, 0.3) is 11.0 Å². The summed E-state index contributed by atoms with van der Waals surface area (Å²) < 4.78 is 20.5. The number of hydrogen-bond acceptors (Lipinski definition) is 5. The smallest absolute Gasteiger partial charge is 0.274 e. The molecule has 0 radical (unpaired) electrons. The van der Waals surface area contributed by atoms with Crippen LogP contribution in [0.4, 0.5) is 16.0 Å². The number of methoxy groups -OCH3 is 1. The van der Waals surface area contributed by atoms with Crippen LogP contribution < -0.4 is 10.8 Å². The topological polar surface area (TPSA) is 88.4 Å². The Labute approximate surface area is 143 Å². The van der Waals surface area contributed by atoms with Crippen molar-refractivity contribution in [1.29, 1.82) is 0 Å². The standard InChI is InChI=1S/C17H17FN4O3/c1-25-9-8-22-15-7-4-12(18)10-14(15)20-17(22)19-13-5-2-11(3-6-13)16(23)21-24/h2-7,10,24H,8-9H2,1H3,(H,19,20)(H,21,23). The second-order valence-corrected chi connectivity index (χ2v) is 5.36. The third-order valence-corrected chi connectivity index (χ3v) is 3.73. The number of nitrogens with one attached hydrogen (secondary N) is 2. The predicted octanol–water partition coefficient (Wildman–Crippen LogP) is 2.68. The summed E-state index contributed by atoms with van der Waals surface area (Å²) in [5.41, 5.74) is 3.93. The first-order valence-electron chi connectivity index (χ1n) is 7.58. The SMILES string of the molecule is COCCn1c(Nc2ccc(C(=O)NO)cc2)nc2cc(F)ccc21. The lowest BCUT2D eigenvalue weighted by Gasteiger charge is -2.10. The van der Waals surface area contributed by atoms with Gasteiger partial charge in [-0.2, -0.15) is 0 Å². The van der Waals surface area contributed by atoms with Gasteiger partial charge in [0.1, 0.15) is 5.82 Å². The molecule has 0 aliphatic rings. The van der Waals surface area contributed by atoms with Gasteiger partial charge < -0.3 is 14.6 Å². The molecule has 8 heteroatoms. The minimum Gasteiger partial charge on any atom is -0.383 e. The number of amides is 1. The Hall–Kier alpha value is -2.97. The Bertz CT molecular complexity index is 893. The molecule has 130 valence electrons. The first kappa shape index (κ1) is 16.9. The molecule has 2 aromatic carbocycles. The molecular weight excluding hydrogens is 327 g/mol. The number of carbonyl (C=O) groups is 1. The zero-order valence-corrected chi connectivity index (χ0v) is 13.5. The van der Waals surface area contributed by atoms with Gasteiger partial charge in [-0.1, -0.05) is 0 Å². The lowest BCUT2D eigenvalue weighted by molar-refractivity contribution is 0.0706. The molecule has 0 aliphatic carbocycles. The molecule has 3 aromatic rings. The molecule has 0 fully saturated rings. The molecule has 0 unspecified atom stereocenters. The Morgan fingerprint density at radius 2 is 2.04 bits per heavy atom. The Morgan fingerprint density at radius 3 is 2.72 bits per heavy atom. The molecule has 0 atom stereocenters. The van der Waals surface area contributed by atoms with Crippen LogP contribution in [0.3, 0.4) is 0 Å². The van der Waals surface area contributed by atoms with Gasteiger partial charge in [0.05, 0.1) is 17.6 Å². The normalized spacial score (nSPS) is 10.8. The number of nitrogens with zero attached hydrogens (tertiary/aromatic N) is 2. The van der Waals surface area contributed by atoms with Crippen molar-refractivity contribution in [2.24, 2.45) is 0 Å².